The van der Waals surface area contributed by atoms with Crippen LogP contribution < -0.4 is 5.73 Å². The number of thioether (sulfide) groups is 1. The fourth-order valence-corrected chi connectivity index (χ4v) is 2.67. The molecule has 0 heterocycles. The summed E-state index contributed by atoms with van der Waals surface area (Å²) in [6.45, 7) is 4.15. The van der Waals surface area contributed by atoms with Crippen LogP contribution in [-0.4, -0.2) is 23.2 Å². The lowest BCUT2D eigenvalue weighted by Gasteiger charge is -2.04. The average molecular weight is 305 g/mol. The predicted molar refractivity (Wildman–Crippen MR) is 89.7 cm³/mol. The van der Waals surface area contributed by atoms with Gasteiger partial charge in [-0.15, -0.1) is 6.58 Å². The van der Waals surface area contributed by atoms with Crippen LogP contribution in [0.5, 0.6) is 0 Å². The van der Waals surface area contributed by atoms with E-state index >= 15 is 0 Å². The Labute approximate surface area is 131 Å². The van der Waals surface area contributed by atoms with Gasteiger partial charge in [0.2, 0.25) is 0 Å². The summed E-state index contributed by atoms with van der Waals surface area (Å²) in [5.74, 6) is 0.914. The van der Waals surface area contributed by atoms with Crippen LogP contribution in [0.25, 0.3) is 0 Å². The molecule has 21 heavy (non-hydrogen) atoms. The van der Waals surface area contributed by atoms with Gasteiger partial charge in [0.15, 0.2) is 10.9 Å². The van der Waals surface area contributed by atoms with Crippen molar-refractivity contribution in [3.05, 3.63) is 48.0 Å². The van der Waals surface area contributed by atoms with Crippen LogP contribution in [0.1, 0.15) is 41.6 Å². The highest BCUT2D eigenvalue weighted by Gasteiger charge is 2.06. The first kappa shape index (κ1) is 17.7. The lowest BCUT2D eigenvalue weighted by Crippen LogP contribution is -2.05. The van der Waals surface area contributed by atoms with Gasteiger partial charge in [0.05, 0.1) is 0 Å². The summed E-state index contributed by atoms with van der Waals surface area (Å²) in [5, 5.41) is 0.212. The zero-order valence-electron chi connectivity index (χ0n) is 12.3. The van der Waals surface area contributed by atoms with E-state index in [0.29, 0.717) is 19.4 Å². The van der Waals surface area contributed by atoms with Gasteiger partial charge in [-0.3, -0.25) is 9.59 Å². The molecule has 0 aromatic heterocycles. The molecule has 114 valence electrons. The van der Waals surface area contributed by atoms with E-state index in [2.05, 4.69) is 6.58 Å². The standard InChI is InChI=1S/C17H23NO2S/c1-2-3-6-17(20)21-13-11-14-7-9-15(10-8-14)16(19)5-4-12-18/h2,7-10H,1,3-6,11-13,18H2. The first-order valence-corrected chi connectivity index (χ1v) is 8.24. The molecule has 1 aromatic rings. The fraction of sp³-hybridized carbons (Fsp3) is 0.412. The van der Waals surface area contributed by atoms with E-state index in [1.807, 2.05) is 24.3 Å². The molecule has 0 spiro atoms. The van der Waals surface area contributed by atoms with Crippen molar-refractivity contribution in [2.75, 3.05) is 12.3 Å². The second-order valence-corrected chi connectivity index (χ2v) is 5.96. The number of ketones is 1. The van der Waals surface area contributed by atoms with Crippen molar-refractivity contribution in [1.29, 1.82) is 0 Å². The number of aryl methyl sites for hydroxylation is 1. The number of rotatable bonds is 10. The number of Topliss-reactive ketones (excluding diaryl/α,β-unsaturated/α-hetero) is 1. The Bertz CT molecular complexity index is 468. The highest BCUT2D eigenvalue weighted by atomic mass is 32.2. The normalized spacial score (nSPS) is 10.3. The summed E-state index contributed by atoms with van der Waals surface area (Å²) in [7, 11) is 0. The second-order valence-electron chi connectivity index (χ2n) is 4.81. The van der Waals surface area contributed by atoms with E-state index < -0.39 is 0 Å². The van der Waals surface area contributed by atoms with Crippen LogP contribution in [0.15, 0.2) is 36.9 Å². The minimum absolute atomic E-state index is 0.140. The van der Waals surface area contributed by atoms with Crippen molar-refractivity contribution in [2.24, 2.45) is 5.73 Å². The van der Waals surface area contributed by atoms with Crippen molar-refractivity contribution in [2.45, 2.75) is 32.1 Å². The van der Waals surface area contributed by atoms with E-state index in [0.717, 1.165) is 36.1 Å². The largest absolute Gasteiger partial charge is 0.330 e. The SMILES string of the molecule is C=CCCC(=O)SCCc1ccc(C(=O)CCCN)cc1. The van der Waals surface area contributed by atoms with Crippen LogP contribution in [0.2, 0.25) is 0 Å². The number of benzene rings is 1. The van der Waals surface area contributed by atoms with Crippen molar-refractivity contribution in [3.8, 4) is 0 Å². The molecule has 0 atom stereocenters. The maximum atomic E-state index is 11.8. The molecule has 0 bridgehead atoms. The Balaban J connectivity index is 2.35. The maximum absolute atomic E-state index is 11.8. The van der Waals surface area contributed by atoms with Crippen molar-refractivity contribution in [3.63, 3.8) is 0 Å². The zero-order valence-corrected chi connectivity index (χ0v) is 13.2. The van der Waals surface area contributed by atoms with Gasteiger partial charge < -0.3 is 5.73 Å². The number of carbonyl (C=O) groups is 2. The molecule has 0 saturated carbocycles. The number of allylic oxidation sites excluding steroid dienone is 1. The second kappa shape index (κ2) is 10.4. The van der Waals surface area contributed by atoms with Crippen LogP contribution in [0.4, 0.5) is 0 Å². The Morgan fingerprint density at radius 2 is 1.90 bits per heavy atom. The third kappa shape index (κ3) is 7.25. The van der Waals surface area contributed by atoms with E-state index in [4.69, 9.17) is 5.73 Å². The molecule has 0 aliphatic carbocycles. The summed E-state index contributed by atoms with van der Waals surface area (Å²) < 4.78 is 0. The monoisotopic (exact) mass is 305 g/mol. The van der Waals surface area contributed by atoms with Crippen LogP contribution in [-0.2, 0) is 11.2 Å². The highest BCUT2D eigenvalue weighted by Crippen LogP contribution is 2.13. The average Bonchev–Trinajstić information content (AvgIpc) is 2.51. The Kier molecular flexibility index (Phi) is 8.71. The zero-order chi connectivity index (χ0) is 15.5. The molecule has 0 radical (unpaired) electrons. The molecule has 2 N–H and O–H groups in total. The number of hydrogen-bond donors (Lipinski definition) is 1. The van der Waals surface area contributed by atoms with Crippen molar-refractivity contribution < 1.29 is 9.59 Å². The van der Waals surface area contributed by atoms with Crippen molar-refractivity contribution in [1.82, 2.24) is 0 Å². The maximum Gasteiger partial charge on any atom is 0.189 e. The molecule has 0 aliphatic heterocycles. The molecular formula is C17H23NO2S. The molecule has 1 aromatic carbocycles. The van der Waals surface area contributed by atoms with Gasteiger partial charge in [0, 0.05) is 24.2 Å². The van der Waals surface area contributed by atoms with Gasteiger partial charge in [0.25, 0.3) is 0 Å². The Morgan fingerprint density at radius 3 is 2.52 bits per heavy atom. The van der Waals surface area contributed by atoms with Crippen LogP contribution in [0.3, 0.4) is 0 Å². The quantitative estimate of drug-likeness (QED) is 0.532. The first-order valence-electron chi connectivity index (χ1n) is 7.26. The fourth-order valence-electron chi connectivity index (χ4n) is 1.84. The lowest BCUT2D eigenvalue weighted by molar-refractivity contribution is -0.110. The molecule has 0 saturated heterocycles. The van der Waals surface area contributed by atoms with Gasteiger partial charge in [-0.05, 0) is 31.4 Å². The highest BCUT2D eigenvalue weighted by molar-refractivity contribution is 8.13. The summed E-state index contributed by atoms with van der Waals surface area (Å²) in [5.41, 5.74) is 7.29. The van der Waals surface area contributed by atoms with Gasteiger partial charge in [0.1, 0.15) is 0 Å². The first-order chi connectivity index (χ1) is 10.2. The molecule has 0 fully saturated rings. The molecular weight excluding hydrogens is 282 g/mol. The molecule has 0 aliphatic rings. The van der Waals surface area contributed by atoms with Crippen molar-refractivity contribution >= 4 is 22.7 Å². The number of carbonyl (C=O) groups excluding carboxylic acids is 2. The minimum atomic E-state index is 0.140. The van der Waals surface area contributed by atoms with Crippen LogP contribution >= 0.6 is 11.8 Å². The van der Waals surface area contributed by atoms with Gasteiger partial charge in [-0.2, -0.15) is 0 Å². The van der Waals surface area contributed by atoms with E-state index in [1.54, 1.807) is 6.08 Å². The summed E-state index contributed by atoms with van der Waals surface area (Å²) in [4.78, 5) is 23.3. The van der Waals surface area contributed by atoms with E-state index in [9.17, 15) is 9.59 Å². The Hall–Kier alpha value is -1.39. The van der Waals surface area contributed by atoms with E-state index in [-0.39, 0.29) is 10.9 Å². The van der Waals surface area contributed by atoms with Gasteiger partial charge in [-0.1, -0.05) is 42.1 Å². The molecule has 0 unspecified atom stereocenters. The van der Waals surface area contributed by atoms with Crippen LogP contribution in [0, 0.1) is 0 Å². The smallest absolute Gasteiger partial charge is 0.189 e. The number of hydrogen-bond acceptors (Lipinski definition) is 4. The topological polar surface area (TPSA) is 60.2 Å². The molecule has 3 nitrogen and oxygen atoms in total. The lowest BCUT2D eigenvalue weighted by atomic mass is 10.0. The minimum Gasteiger partial charge on any atom is -0.330 e. The number of nitrogens with two attached hydrogens (primary N) is 1. The van der Waals surface area contributed by atoms with Gasteiger partial charge in [-0.25, -0.2) is 0 Å². The Morgan fingerprint density at radius 1 is 1.19 bits per heavy atom. The third-order valence-electron chi connectivity index (χ3n) is 3.09. The third-order valence-corrected chi connectivity index (χ3v) is 4.02. The molecule has 0 amide bonds. The predicted octanol–water partition coefficient (Wildman–Crippen LogP) is 3.38. The summed E-state index contributed by atoms with van der Waals surface area (Å²) >= 11 is 1.37. The van der Waals surface area contributed by atoms with Gasteiger partial charge >= 0.3 is 0 Å². The molecule has 1 rings (SSSR count). The summed E-state index contributed by atoms with van der Waals surface area (Å²) in [6, 6.07) is 7.64. The summed E-state index contributed by atoms with van der Waals surface area (Å²) in [6.07, 6.45) is 5.13. The van der Waals surface area contributed by atoms with E-state index in [1.165, 1.54) is 11.8 Å². The molecule has 4 heteroatoms.